The number of rotatable bonds is 4. The molecular formula is C13H14N2OS. The van der Waals surface area contributed by atoms with Crippen LogP contribution in [0.1, 0.15) is 18.2 Å². The molecule has 0 bridgehead atoms. The molecule has 1 aromatic heterocycles. The van der Waals surface area contributed by atoms with Gasteiger partial charge in [0, 0.05) is 5.38 Å². The van der Waals surface area contributed by atoms with Gasteiger partial charge in [-0.15, -0.1) is 11.3 Å². The van der Waals surface area contributed by atoms with Gasteiger partial charge in [-0.25, -0.2) is 4.98 Å². The Morgan fingerprint density at radius 1 is 1.35 bits per heavy atom. The van der Waals surface area contributed by atoms with Gasteiger partial charge in [0.2, 0.25) is 5.91 Å². The highest BCUT2D eigenvalue weighted by molar-refractivity contribution is 7.13. The van der Waals surface area contributed by atoms with Crippen LogP contribution in [0.5, 0.6) is 0 Å². The first-order valence-corrected chi connectivity index (χ1v) is 6.44. The van der Waals surface area contributed by atoms with E-state index in [0.29, 0.717) is 11.6 Å². The van der Waals surface area contributed by atoms with Gasteiger partial charge >= 0.3 is 0 Å². The molecule has 0 atom stereocenters. The summed E-state index contributed by atoms with van der Waals surface area (Å²) in [6.45, 7) is 2.05. The zero-order valence-corrected chi connectivity index (χ0v) is 10.5. The van der Waals surface area contributed by atoms with E-state index in [1.807, 2.05) is 42.6 Å². The van der Waals surface area contributed by atoms with E-state index in [1.165, 1.54) is 11.3 Å². The molecular weight excluding hydrogens is 232 g/mol. The normalized spacial score (nSPS) is 10.2. The maximum absolute atomic E-state index is 11.7. The molecule has 0 radical (unpaired) electrons. The van der Waals surface area contributed by atoms with Crippen molar-refractivity contribution in [1.82, 2.24) is 4.98 Å². The third-order valence-corrected chi connectivity index (χ3v) is 3.17. The maximum Gasteiger partial charge on any atom is 0.230 e. The first kappa shape index (κ1) is 11.8. The van der Waals surface area contributed by atoms with Crippen molar-refractivity contribution < 1.29 is 4.79 Å². The first-order chi connectivity index (χ1) is 8.28. The molecule has 0 spiro atoms. The predicted octanol–water partition coefficient (Wildman–Crippen LogP) is 2.89. The van der Waals surface area contributed by atoms with Gasteiger partial charge in [-0.1, -0.05) is 37.3 Å². The minimum Gasteiger partial charge on any atom is -0.302 e. The van der Waals surface area contributed by atoms with Crippen molar-refractivity contribution >= 4 is 22.4 Å². The van der Waals surface area contributed by atoms with E-state index in [0.717, 1.165) is 17.7 Å². The summed E-state index contributed by atoms with van der Waals surface area (Å²) < 4.78 is 0. The number of hydrogen-bond acceptors (Lipinski definition) is 3. The summed E-state index contributed by atoms with van der Waals surface area (Å²) in [5, 5.41) is 5.47. The molecule has 0 aliphatic heterocycles. The highest BCUT2D eigenvalue weighted by Gasteiger charge is 2.06. The number of aryl methyl sites for hydroxylation is 1. The number of hydrogen-bond donors (Lipinski definition) is 1. The SMILES string of the molecule is CCc1csc(NC(=O)Cc2ccccc2)n1. The van der Waals surface area contributed by atoms with E-state index in [1.54, 1.807) is 0 Å². The number of aromatic nitrogens is 1. The van der Waals surface area contributed by atoms with Crippen LogP contribution in [0.25, 0.3) is 0 Å². The van der Waals surface area contributed by atoms with E-state index in [2.05, 4.69) is 10.3 Å². The van der Waals surface area contributed by atoms with Crippen molar-refractivity contribution in [2.45, 2.75) is 19.8 Å². The van der Waals surface area contributed by atoms with Crippen LogP contribution in [0, 0.1) is 0 Å². The van der Waals surface area contributed by atoms with Crippen molar-refractivity contribution in [3.05, 3.63) is 47.0 Å². The van der Waals surface area contributed by atoms with Crippen LogP contribution in [0.2, 0.25) is 0 Å². The number of benzene rings is 1. The third-order valence-electron chi connectivity index (χ3n) is 2.37. The molecule has 1 heterocycles. The average molecular weight is 246 g/mol. The Kier molecular flexibility index (Phi) is 3.88. The average Bonchev–Trinajstić information content (AvgIpc) is 2.78. The number of nitrogens with one attached hydrogen (secondary N) is 1. The number of thiazole rings is 1. The first-order valence-electron chi connectivity index (χ1n) is 5.56. The van der Waals surface area contributed by atoms with Gasteiger partial charge in [-0.3, -0.25) is 4.79 Å². The number of nitrogens with zero attached hydrogens (tertiary/aromatic N) is 1. The van der Waals surface area contributed by atoms with Gasteiger partial charge in [0.1, 0.15) is 0 Å². The lowest BCUT2D eigenvalue weighted by atomic mass is 10.1. The van der Waals surface area contributed by atoms with E-state index < -0.39 is 0 Å². The summed E-state index contributed by atoms with van der Waals surface area (Å²) in [5.41, 5.74) is 2.03. The summed E-state index contributed by atoms with van der Waals surface area (Å²) >= 11 is 1.47. The second kappa shape index (κ2) is 5.59. The fourth-order valence-corrected chi connectivity index (χ4v) is 2.28. The Bertz CT molecular complexity index is 493. The highest BCUT2D eigenvalue weighted by atomic mass is 32.1. The van der Waals surface area contributed by atoms with Crippen molar-refractivity contribution in [1.29, 1.82) is 0 Å². The molecule has 1 N–H and O–H groups in total. The number of carbonyl (C=O) groups excluding carboxylic acids is 1. The Morgan fingerprint density at radius 2 is 2.12 bits per heavy atom. The molecule has 17 heavy (non-hydrogen) atoms. The molecule has 0 aliphatic carbocycles. The van der Waals surface area contributed by atoms with Crippen LogP contribution >= 0.6 is 11.3 Å². The molecule has 0 unspecified atom stereocenters. The monoisotopic (exact) mass is 246 g/mol. The molecule has 0 saturated carbocycles. The van der Waals surface area contributed by atoms with Gasteiger partial charge in [-0.05, 0) is 12.0 Å². The van der Waals surface area contributed by atoms with Gasteiger partial charge < -0.3 is 5.32 Å². The number of amides is 1. The van der Waals surface area contributed by atoms with Crippen LogP contribution in [0.15, 0.2) is 35.7 Å². The summed E-state index contributed by atoms with van der Waals surface area (Å²) in [7, 11) is 0. The van der Waals surface area contributed by atoms with Crippen LogP contribution in [-0.4, -0.2) is 10.9 Å². The maximum atomic E-state index is 11.7. The number of anilines is 1. The lowest BCUT2D eigenvalue weighted by Gasteiger charge is -2.01. The van der Waals surface area contributed by atoms with Crippen LogP contribution in [0.4, 0.5) is 5.13 Å². The summed E-state index contributed by atoms with van der Waals surface area (Å²) in [6.07, 6.45) is 1.28. The van der Waals surface area contributed by atoms with Gasteiger partial charge in [0.25, 0.3) is 0 Å². The van der Waals surface area contributed by atoms with Crippen LogP contribution in [-0.2, 0) is 17.6 Å². The Balaban J connectivity index is 1.93. The van der Waals surface area contributed by atoms with Crippen molar-refractivity contribution in [2.24, 2.45) is 0 Å². The quantitative estimate of drug-likeness (QED) is 0.901. The summed E-state index contributed by atoms with van der Waals surface area (Å²) in [5.74, 6) is -0.0202. The molecule has 2 aromatic rings. The van der Waals surface area contributed by atoms with E-state index in [-0.39, 0.29) is 5.91 Å². The van der Waals surface area contributed by atoms with Crippen molar-refractivity contribution in [3.8, 4) is 0 Å². The predicted molar refractivity (Wildman–Crippen MR) is 70.3 cm³/mol. The lowest BCUT2D eigenvalue weighted by Crippen LogP contribution is -2.14. The molecule has 3 nitrogen and oxygen atoms in total. The topological polar surface area (TPSA) is 42.0 Å². The lowest BCUT2D eigenvalue weighted by molar-refractivity contribution is -0.115. The third kappa shape index (κ3) is 3.39. The standard InChI is InChI=1S/C13H14N2OS/c1-2-11-9-17-13(14-11)15-12(16)8-10-6-4-3-5-7-10/h3-7,9H,2,8H2,1H3,(H,14,15,16). The molecule has 0 aliphatic rings. The Morgan fingerprint density at radius 3 is 2.76 bits per heavy atom. The second-order valence-electron chi connectivity index (χ2n) is 3.71. The van der Waals surface area contributed by atoms with E-state index in [4.69, 9.17) is 0 Å². The molecule has 4 heteroatoms. The fraction of sp³-hybridized carbons (Fsp3) is 0.231. The largest absolute Gasteiger partial charge is 0.302 e. The zero-order chi connectivity index (χ0) is 12.1. The van der Waals surface area contributed by atoms with Gasteiger partial charge in [0.15, 0.2) is 5.13 Å². The molecule has 2 rings (SSSR count). The Labute approximate surface area is 105 Å². The van der Waals surface area contributed by atoms with E-state index in [9.17, 15) is 4.79 Å². The minimum atomic E-state index is -0.0202. The highest BCUT2D eigenvalue weighted by Crippen LogP contribution is 2.15. The molecule has 88 valence electrons. The molecule has 0 saturated heterocycles. The van der Waals surface area contributed by atoms with Gasteiger partial charge in [0.05, 0.1) is 12.1 Å². The smallest absolute Gasteiger partial charge is 0.230 e. The molecule has 0 fully saturated rings. The van der Waals surface area contributed by atoms with E-state index >= 15 is 0 Å². The number of carbonyl (C=O) groups is 1. The summed E-state index contributed by atoms with van der Waals surface area (Å²) in [6, 6.07) is 9.69. The van der Waals surface area contributed by atoms with Crippen LogP contribution in [0.3, 0.4) is 0 Å². The Hall–Kier alpha value is -1.68. The molecule has 1 amide bonds. The van der Waals surface area contributed by atoms with Crippen LogP contribution < -0.4 is 5.32 Å². The molecule has 1 aromatic carbocycles. The fourth-order valence-electron chi connectivity index (χ4n) is 1.47. The second-order valence-corrected chi connectivity index (χ2v) is 4.57. The minimum absolute atomic E-state index is 0.0202. The summed E-state index contributed by atoms with van der Waals surface area (Å²) in [4.78, 5) is 16.0. The van der Waals surface area contributed by atoms with Crippen molar-refractivity contribution in [2.75, 3.05) is 5.32 Å². The van der Waals surface area contributed by atoms with Crippen molar-refractivity contribution in [3.63, 3.8) is 0 Å². The zero-order valence-electron chi connectivity index (χ0n) is 9.64. The van der Waals surface area contributed by atoms with Gasteiger partial charge in [-0.2, -0.15) is 0 Å².